The number of nitrogens with two attached hydrogens (primary N) is 1. The highest BCUT2D eigenvalue weighted by Crippen LogP contribution is 2.32. The van der Waals surface area contributed by atoms with Gasteiger partial charge in [0.25, 0.3) is 0 Å². The summed E-state index contributed by atoms with van der Waals surface area (Å²) >= 11 is 1.63. The maximum absolute atomic E-state index is 12.4. The van der Waals surface area contributed by atoms with E-state index >= 15 is 0 Å². The zero-order valence-electron chi connectivity index (χ0n) is 11.9. The van der Waals surface area contributed by atoms with Gasteiger partial charge in [0.15, 0.2) is 0 Å². The van der Waals surface area contributed by atoms with E-state index in [0.29, 0.717) is 0 Å². The van der Waals surface area contributed by atoms with Crippen molar-refractivity contribution in [3.05, 3.63) is 16.1 Å². The average Bonchev–Trinajstić information content (AvgIpc) is 2.75. The van der Waals surface area contributed by atoms with E-state index in [0.717, 1.165) is 35.6 Å². The topological polar surface area (TPSA) is 68.0 Å². The third-order valence-electron chi connectivity index (χ3n) is 3.94. The highest BCUT2D eigenvalue weighted by atomic mass is 32.1. The average molecular weight is 281 g/mol. The predicted molar refractivity (Wildman–Crippen MR) is 78.0 cm³/mol. The predicted octanol–water partition coefficient (Wildman–Crippen LogP) is 2.54. The second kappa shape index (κ2) is 5.59. The van der Waals surface area contributed by atoms with Crippen molar-refractivity contribution in [1.29, 1.82) is 0 Å². The van der Waals surface area contributed by atoms with E-state index in [1.54, 1.807) is 11.3 Å². The summed E-state index contributed by atoms with van der Waals surface area (Å²) in [4.78, 5) is 17.9. The summed E-state index contributed by atoms with van der Waals surface area (Å²) < 4.78 is 0. The lowest BCUT2D eigenvalue weighted by atomic mass is 9.74. The molecular formula is C14H23N3OS. The Hall–Kier alpha value is -0.940. The Morgan fingerprint density at radius 3 is 2.95 bits per heavy atom. The molecule has 1 heterocycles. The van der Waals surface area contributed by atoms with Crippen molar-refractivity contribution in [2.75, 3.05) is 0 Å². The molecule has 106 valence electrons. The van der Waals surface area contributed by atoms with Crippen molar-refractivity contribution in [1.82, 2.24) is 10.3 Å². The molecule has 19 heavy (non-hydrogen) atoms. The van der Waals surface area contributed by atoms with Crippen LogP contribution in [0.1, 0.15) is 55.5 Å². The summed E-state index contributed by atoms with van der Waals surface area (Å²) in [7, 11) is 0. The molecule has 3 N–H and O–H groups in total. The van der Waals surface area contributed by atoms with Gasteiger partial charge >= 0.3 is 0 Å². The minimum absolute atomic E-state index is 0.0380. The highest BCUT2D eigenvalue weighted by molar-refractivity contribution is 7.11. The van der Waals surface area contributed by atoms with Crippen LogP contribution < -0.4 is 11.1 Å². The first-order valence-corrected chi connectivity index (χ1v) is 7.73. The molecule has 0 spiro atoms. The van der Waals surface area contributed by atoms with Crippen LogP contribution in [-0.4, -0.2) is 16.4 Å². The molecule has 3 atom stereocenters. The van der Waals surface area contributed by atoms with Gasteiger partial charge in [-0.15, -0.1) is 11.3 Å². The van der Waals surface area contributed by atoms with E-state index in [1.165, 1.54) is 0 Å². The molecule has 0 bridgehead atoms. The van der Waals surface area contributed by atoms with E-state index in [2.05, 4.69) is 10.3 Å². The number of thiazole rings is 1. The van der Waals surface area contributed by atoms with Crippen LogP contribution in [-0.2, 0) is 4.79 Å². The second-order valence-electron chi connectivity index (χ2n) is 5.84. The number of aryl methyl sites for hydroxylation is 1. The monoisotopic (exact) mass is 281 g/mol. The Labute approximate surface area is 118 Å². The molecule has 1 fully saturated rings. The van der Waals surface area contributed by atoms with E-state index in [1.807, 2.05) is 27.0 Å². The Balaban J connectivity index is 2.00. The van der Waals surface area contributed by atoms with Crippen molar-refractivity contribution in [3.8, 4) is 0 Å². The first-order chi connectivity index (χ1) is 8.90. The number of rotatable bonds is 3. The smallest absolute Gasteiger partial charge is 0.225 e. The SMILES string of the molecule is Cc1cnc(C(C)NC(=O)C2CCCCC2(C)N)s1. The molecule has 4 nitrogen and oxygen atoms in total. The molecule has 3 unspecified atom stereocenters. The van der Waals surface area contributed by atoms with Crippen molar-refractivity contribution in [2.45, 2.75) is 58.0 Å². The molecule has 1 amide bonds. The van der Waals surface area contributed by atoms with Gasteiger partial charge in [-0.25, -0.2) is 4.98 Å². The Bertz CT molecular complexity index is 455. The van der Waals surface area contributed by atoms with Crippen LogP contribution in [0.2, 0.25) is 0 Å². The number of hydrogen-bond acceptors (Lipinski definition) is 4. The normalized spacial score (nSPS) is 28.9. The molecule has 5 heteroatoms. The Morgan fingerprint density at radius 2 is 2.37 bits per heavy atom. The summed E-state index contributed by atoms with van der Waals surface area (Å²) in [5.41, 5.74) is 5.89. The largest absolute Gasteiger partial charge is 0.347 e. The number of aromatic nitrogens is 1. The van der Waals surface area contributed by atoms with E-state index in [4.69, 9.17) is 5.73 Å². The van der Waals surface area contributed by atoms with E-state index < -0.39 is 0 Å². The van der Waals surface area contributed by atoms with Crippen molar-refractivity contribution < 1.29 is 4.79 Å². The fraction of sp³-hybridized carbons (Fsp3) is 0.714. The van der Waals surface area contributed by atoms with Crippen LogP contribution >= 0.6 is 11.3 Å². The number of carbonyl (C=O) groups is 1. The van der Waals surface area contributed by atoms with E-state index in [9.17, 15) is 4.79 Å². The lowest BCUT2D eigenvalue weighted by Gasteiger charge is -2.37. The summed E-state index contributed by atoms with van der Waals surface area (Å²) in [5.74, 6) is -0.00480. The van der Waals surface area contributed by atoms with Gasteiger partial charge in [0.1, 0.15) is 5.01 Å². The standard InChI is InChI=1S/C14H23N3OS/c1-9-8-16-13(19-9)10(2)17-12(18)11-6-4-5-7-14(11,3)15/h8,10-11H,4-7,15H2,1-3H3,(H,17,18). The molecule has 0 saturated heterocycles. The minimum atomic E-state index is -0.374. The number of carbonyl (C=O) groups excluding carboxylic acids is 1. The summed E-state index contributed by atoms with van der Waals surface area (Å²) in [5, 5.41) is 4.02. The van der Waals surface area contributed by atoms with Crippen LogP contribution in [0.15, 0.2) is 6.20 Å². The summed E-state index contributed by atoms with van der Waals surface area (Å²) in [6, 6.07) is -0.0380. The van der Waals surface area contributed by atoms with Crippen LogP contribution in [0.3, 0.4) is 0 Å². The third-order valence-corrected chi connectivity index (χ3v) is 5.03. The summed E-state index contributed by atoms with van der Waals surface area (Å²) in [6.45, 7) is 6.00. The number of amides is 1. The number of hydrogen-bond donors (Lipinski definition) is 2. The van der Waals surface area contributed by atoms with Gasteiger partial charge < -0.3 is 11.1 Å². The van der Waals surface area contributed by atoms with Gasteiger partial charge in [0.2, 0.25) is 5.91 Å². The van der Waals surface area contributed by atoms with Gasteiger partial charge in [0, 0.05) is 16.6 Å². The molecule has 1 saturated carbocycles. The second-order valence-corrected chi connectivity index (χ2v) is 7.11. The van der Waals surface area contributed by atoms with Gasteiger partial charge in [0.05, 0.1) is 12.0 Å². The summed E-state index contributed by atoms with van der Waals surface area (Å²) in [6.07, 6.45) is 5.88. The van der Waals surface area contributed by atoms with Crippen LogP contribution in [0.4, 0.5) is 0 Å². The van der Waals surface area contributed by atoms with Gasteiger partial charge in [-0.05, 0) is 33.6 Å². The fourth-order valence-electron chi connectivity index (χ4n) is 2.74. The van der Waals surface area contributed by atoms with E-state index in [-0.39, 0.29) is 23.4 Å². The zero-order valence-corrected chi connectivity index (χ0v) is 12.7. The lowest BCUT2D eigenvalue weighted by Crippen LogP contribution is -2.53. The molecule has 0 aliphatic heterocycles. The maximum atomic E-state index is 12.4. The molecule has 1 aliphatic carbocycles. The fourth-order valence-corrected chi connectivity index (χ4v) is 3.51. The zero-order chi connectivity index (χ0) is 14.0. The highest BCUT2D eigenvalue weighted by Gasteiger charge is 2.38. The first-order valence-electron chi connectivity index (χ1n) is 6.92. The molecule has 0 aromatic carbocycles. The maximum Gasteiger partial charge on any atom is 0.225 e. The molecule has 1 aromatic rings. The van der Waals surface area contributed by atoms with Gasteiger partial charge in [-0.2, -0.15) is 0 Å². The van der Waals surface area contributed by atoms with Crippen molar-refractivity contribution in [3.63, 3.8) is 0 Å². The van der Waals surface area contributed by atoms with Crippen molar-refractivity contribution in [2.24, 2.45) is 11.7 Å². The molecule has 2 rings (SSSR count). The Kier molecular flexibility index (Phi) is 4.26. The molecule has 1 aromatic heterocycles. The number of nitrogens with one attached hydrogen (secondary N) is 1. The minimum Gasteiger partial charge on any atom is -0.347 e. The van der Waals surface area contributed by atoms with Crippen LogP contribution in [0.25, 0.3) is 0 Å². The Morgan fingerprint density at radius 1 is 1.63 bits per heavy atom. The lowest BCUT2D eigenvalue weighted by molar-refractivity contribution is -0.128. The number of nitrogens with zero attached hydrogens (tertiary/aromatic N) is 1. The van der Waals surface area contributed by atoms with Gasteiger partial charge in [-0.1, -0.05) is 12.8 Å². The van der Waals surface area contributed by atoms with Crippen LogP contribution in [0.5, 0.6) is 0 Å². The van der Waals surface area contributed by atoms with Gasteiger partial charge in [-0.3, -0.25) is 4.79 Å². The van der Waals surface area contributed by atoms with Crippen molar-refractivity contribution >= 4 is 17.2 Å². The third kappa shape index (κ3) is 3.34. The molecular weight excluding hydrogens is 258 g/mol. The first kappa shape index (κ1) is 14.5. The molecule has 1 aliphatic rings. The molecule has 0 radical (unpaired) electrons. The quantitative estimate of drug-likeness (QED) is 0.894. The van der Waals surface area contributed by atoms with Crippen LogP contribution in [0, 0.1) is 12.8 Å².